The molecule has 1 aliphatic heterocycles. The van der Waals surface area contributed by atoms with Crippen molar-refractivity contribution in [1.82, 2.24) is 9.21 Å². The molecule has 1 aliphatic rings. The normalized spacial score (nSPS) is 15.2. The molecule has 28 heavy (non-hydrogen) atoms. The van der Waals surface area contributed by atoms with Gasteiger partial charge in [0.15, 0.2) is 0 Å². The van der Waals surface area contributed by atoms with E-state index < -0.39 is 16.0 Å². The molecule has 9 heteroatoms. The predicted molar refractivity (Wildman–Crippen MR) is 98.4 cm³/mol. The third-order valence-corrected chi connectivity index (χ3v) is 6.48. The number of hydrogen-bond donors (Lipinski definition) is 0. The standard InChI is InChI=1S/C19H20N2O6S/c1-27-16-5-7-17(8-6-16)28(25,26)21-11-9-20(10-12-21)18(22)14-3-2-4-15(13-14)19(23)24/h2-8,13H,9-12H2,1H3,(H,23,24)/p-1. The van der Waals surface area contributed by atoms with Crippen molar-refractivity contribution in [2.24, 2.45) is 0 Å². The zero-order valence-corrected chi connectivity index (χ0v) is 16.0. The third-order valence-electron chi connectivity index (χ3n) is 4.57. The first-order valence-electron chi connectivity index (χ1n) is 8.58. The molecule has 0 unspecified atom stereocenters. The van der Waals surface area contributed by atoms with Gasteiger partial charge in [-0.2, -0.15) is 4.31 Å². The maximum atomic E-state index is 12.8. The molecule has 1 heterocycles. The number of carbonyl (C=O) groups is 2. The average molecular weight is 403 g/mol. The number of nitrogens with zero attached hydrogens (tertiary/aromatic N) is 2. The Bertz CT molecular complexity index is 980. The van der Waals surface area contributed by atoms with E-state index in [0.29, 0.717) is 5.75 Å². The van der Waals surface area contributed by atoms with Crippen LogP contribution in [0.2, 0.25) is 0 Å². The Labute approximate surface area is 163 Å². The number of aromatic carboxylic acids is 1. The summed E-state index contributed by atoms with van der Waals surface area (Å²) in [5, 5.41) is 11.0. The summed E-state index contributed by atoms with van der Waals surface area (Å²) in [6.45, 7) is 0.730. The van der Waals surface area contributed by atoms with Gasteiger partial charge in [0.2, 0.25) is 10.0 Å². The van der Waals surface area contributed by atoms with Gasteiger partial charge >= 0.3 is 0 Å². The number of sulfonamides is 1. The van der Waals surface area contributed by atoms with Gasteiger partial charge in [-0.25, -0.2) is 8.42 Å². The first-order valence-corrected chi connectivity index (χ1v) is 10.0. The van der Waals surface area contributed by atoms with Crippen molar-refractivity contribution in [2.45, 2.75) is 4.90 Å². The molecule has 3 rings (SSSR count). The Hall–Kier alpha value is -2.91. The molecule has 2 aromatic carbocycles. The van der Waals surface area contributed by atoms with Gasteiger partial charge < -0.3 is 19.5 Å². The lowest BCUT2D eigenvalue weighted by Crippen LogP contribution is -2.50. The molecule has 1 amide bonds. The molecule has 0 atom stereocenters. The Kier molecular flexibility index (Phi) is 5.66. The minimum absolute atomic E-state index is 0.0773. The summed E-state index contributed by atoms with van der Waals surface area (Å²) in [6, 6.07) is 11.7. The molecular formula is C19H19N2O6S-. The highest BCUT2D eigenvalue weighted by molar-refractivity contribution is 7.89. The van der Waals surface area contributed by atoms with E-state index in [9.17, 15) is 23.1 Å². The third kappa shape index (κ3) is 4.00. The monoisotopic (exact) mass is 403 g/mol. The zero-order chi connectivity index (χ0) is 20.3. The van der Waals surface area contributed by atoms with Crippen molar-refractivity contribution < 1.29 is 27.9 Å². The van der Waals surface area contributed by atoms with Crippen LogP contribution in [0.1, 0.15) is 20.7 Å². The molecule has 0 N–H and O–H groups in total. The molecule has 0 aromatic heterocycles. The highest BCUT2D eigenvalue weighted by atomic mass is 32.2. The van der Waals surface area contributed by atoms with Crippen LogP contribution in [-0.4, -0.2) is 62.8 Å². The van der Waals surface area contributed by atoms with Gasteiger partial charge in [-0.1, -0.05) is 12.1 Å². The number of piperazine rings is 1. The fourth-order valence-electron chi connectivity index (χ4n) is 2.99. The van der Waals surface area contributed by atoms with Gasteiger partial charge in [0, 0.05) is 31.7 Å². The van der Waals surface area contributed by atoms with Crippen molar-refractivity contribution in [3.8, 4) is 5.75 Å². The van der Waals surface area contributed by atoms with Crippen molar-refractivity contribution in [1.29, 1.82) is 0 Å². The van der Waals surface area contributed by atoms with Crippen LogP contribution in [0.5, 0.6) is 5.75 Å². The molecule has 0 saturated carbocycles. The summed E-state index contributed by atoms with van der Waals surface area (Å²) < 4.78 is 31.9. The summed E-state index contributed by atoms with van der Waals surface area (Å²) in [7, 11) is -2.16. The molecule has 0 spiro atoms. The second kappa shape index (κ2) is 7.99. The maximum Gasteiger partial charge on any atom is 0.253 e. The second-order valence-corrected chi connectivity index (χ2v) is 8.18. The maximum absolute atomic E-state index is 12.8. The van der Waals surface area contributed by atoms with E-state index in [1.54, 1.807) is 12.1 Å². The Morgan fingerprint density at radius 2 is 1.57 bits per heavy atom. The predicted octanol–water partition coefficient (Wildman–Crippen LogP) is 0.205. The number of methoxy groups -OCH3 is 1. The zero-order valence-electron chi connectivity index (χ0n) is 15.2. The molecular weight excluding hydrogens is 384 g/mol. The Morgan fingerprint density at radius 3 is 2.14 bits per heavy atom. The fraction of sp³-hybridized carbons (Fsp3) is 0.263. The van der Waals surface area contributed by atoms with Gasteiger partial charge in [-0.3, -0.25) is 4.79 Å². The summed E-state index contributed by atoms with van der Waals surface area (Å²) in [5.74, 6) is -1.14. The van der Waals surface area contributed by atoms with Gasteiger partial charge in [0.25, 0.3) is 5.91 Å². The number of carboxylic acid groups (broad SMARTS) is 1. The highest BCUT2D eigenvalue weighted by Gasteiger charge is 2.30. The van der Waals surface area contributed by atoms with Gasteiger partial charge in [-0.05, 0) is 42.0 Å². The molecule has 1 saturated heterocycles. The summed E-state index contributed by atoms with van der Waals surface area (Å²) in [5.41, 5.74) is 0.153. The van der Waals surface area contributed by atoms with Crippen molar-refractivity contribution in [3.63, 3.8) is 0 Å². The molecule has 1 fully saturated rings. The molecule has 0 bridgehead atoms. The number of carbonyl (C=O) groups excluding carboxylic acids is 2. The minimum Gasteiger partial charge on any atom is -0.545 e. The number of amides is 1. The minimum atomic E-state index is -3.66. The molecule has 8 nitrogen and oxygen atoms in total. The largest absolute Gasteiger partial charge is 0.545 e. The lowest BCUT2D eigenvalue weighted by atomic mass is 10.1. The van der Waals surface area contributed by atoms with Gasteiger partial charge in [-0.15, -0.1) is 0 Å². The quantitative estimate of drug-likeness (QED) is 0.706. The molecule has 0 aliphatic carbocycles. The van der Waals surface area contributed by atoms with Crippen molar-refractivity contribution in [2.75, 3.05) is 33.3 Å². The number of benzene rings is 2. The van der Waals surface area contributed by atoms with Gasteiger partial charge in [0.05, 0.1) is 18.0 Å². The topological polar surface area (TPSA) is 107 Å². The van der Waals surface area contributed by atoms with E-state index in [2.05, 4.69) is 0 Å². The lowest BCUT2D eigenvalue weighted by molar-refractivity contribution is -0.255. The van der Waals surface area contributed by atoms with E-state index in [0.717, 1.165) is 0 Å². The number of carboxylic acids is 1. The van der Waals surface area contributed by atoms with Crippen LogP contribution in [0.25, 0.3) is 0 Å². The van der Waals surface area contributed by atoms with Crippen molar-refractivity contribution in [3.05, 3.63) is 59.7 Å². The first kappa shape index (κ1) is 19.8. The van der Waals surface area contributed by atoms with E-state index in [1.807, 2.05) is 0 Å². The van der Waals surface area contributed by atoms with Crippen LogP contribution < -0.4 is 9.84 Å². The average Bonchev–Trinajstić information content (AvgIpc) is 2.73. The molecule has 148 valence electrons. The number of rotatable bonds is 5. The van der Waals surface area contributed by atoms with Crippen LogP contribution in [0, 0.1) is 0 Å². The van der Waals surface area contributed by atoms with Crippen molar-refractivity contribution >= 4 is 21.9 Å². The SMILES string of the molecule is COc1ccc(S(=O)(=O)N2CCN(C(=O)c3cccc(C(=O)[O-])c3)CC2)cc1. The van der Waals surface area contributed by atoms with Crippen LogP contribution in [0.15, 0.2) is 53.4 Å². The summed E-state index contributed by atoms with van der Waals surface area (Å²) in [6.07, 6.45) is 0. The molecule has 0 radical (unpaired) electrons. The van der Waals surface area contributed by atoms with E-state index in [4.69, 9.17) is 4.74 Å². The second-order valence-electron chi connectivity index (χ2n) is 6.24. The van der Waals surface area contributed by atoms with Crippen LogP contribution in [-0.2, 0) is 10.0 Å². The Balaban J connectivity index is 1.68. The molecule has 2 aromatic rings. The fourth-order valence-corrected chi connectivity index (χ4v) is 4.41. The van der Waals surface area contributed by atoms with Crippen LogP contribution in [0.4, 0.5) is 0 Å². The van der Waals surface area contributed by atoms with Gasteiger partial charge in [0.1, 0.15) is 5.75 Å². The first-order chi connectivity index (χ1) is 13.3. The highest BCUT2D eigenvalue weighted by Crippen LogP contribution is 2.21. The van der Waals surface area contributed by atoms with E-state index in [-0.39, 0.29) is 48.1 Å². The van der Waals surface area contributed by atoms with Crippen LogP contribution >= 0.6 is 0 Å². The lowest BCUT2D eigenvalue weighted by Gasteiger charge is -2.34. The number of hydrogen-bond acceptors (Lipinski definition) is 6. The van der Waals surface area contributed by atoms with E-state index >= 15 is 0 Å². The van der Waals surface area contributed by atoms with E-state index in [1.165, 1.54) is 52.7 Å². The Morgan fingerprint density at radius 1 is 0.964 bits per heavy atom. The summed E-state index contributed by atoms with van der Waals surface area (Å²) >= 11 is 0. The number of ether oxygens (including phenoxy) is 1. The smallest absolute Gasteiger partial charge is 0.253 e. The van der Waals surface area contributed by atoms with Crippen LogP contribution in [0.3, 0.4) is 0 Å². The summed E-state index contributed by atoms with van der Waals surface area (Å²) in [4.78, 5) is 25.2.